The van der Waals surface area contributed by atoms with Gasteiger partial charge in [-0.1, -0.05) is 26.0 Å². The number of nitrogens with one attached hydrogen (secondary N) is 1. The molecule has 1 N–H and O–H groups in total. The molecule has 2 heteroatoms. The molecular weight excluding hydrogens is 189 g/mol. The molecule has 0 spiro atoms. The topological polar surface area (TPSA) is 12.0 Å². The Kier molecular flexibility index (Phi) is 4.76. The molecule has 0 saturated carbocycles. The summed E-state index contributed by atoms with van der Waals surface area (Å²) in [6, 6.07) is 7.00. The normalized spacial score (nSPS) is 13.1. The molecule has 1 aromatic rings. The van der Waals surface area contributed by atoms with Crippen molar-refractivity contribution in [2.45, 2.75) is 33.2 Å². The summed E-state index contributed by atoms with van der Waals surface area (Å²) in [6.07, 6.45) is 1.15. The van der Waals surface area contributed by atoms with Crippen molar-refractivity contribution in [2.75, 3.05) is 6.54 Å². The van der Waals surface area contributed by atoms with E-state index in [1.165, 1.54) is 6.07 Å². The van der Waals surface area contributed by atoms with Crippen molar-refractivity contribution in [1.82, 2.24) is 5.32 Å². The van der Waals surface area contributed by atoms with Crippen molar-refractivity contribution in [1.29, 1.82) is 0 Å². The molecule has 0 aliphatic rings. The maximum absolute atomic E-state index is 13.0. The molecule has 1 nitrogen and oxygen atoms in total. The highest BCUT2D eigenvalue weighted by atomic mass is 19.1. The summed E-state index contributed by atoms with van der Waals surface area (Å²) in [5, 5.41) is 3.39. The Morgan fingerprint density at radius 1 is 1.27 bits per heavy atom. The van der Waals surface area contributed by atoms with Crippen molar-refractivity contribution in [3.8, 4) is 0 Å². The lowest BCUT2D eigenvalue weighted by molar-refractivity contribution is 0.495. The van der Waals surface area contributed by atoms with Gasteiger partial charge in [0.05, 0.1) is 0 Å². The van der Waals surface area contributed by atoms with E-state index in [2.05, 4.69) is 26.1 Å². The summed E-state index contributed by atoms with van der Waals surface area (Å²) >= 11 is 0. The van der Waals surface area contributed by atoms with Gasteiger partial charge >= 0.3 is 0 Å². The van der Waals surface area contributed by atoms with Crippen LogP contribution in [0.25, 0.3) is 0 Å². The molecule has 15 heavy (non-hydrogen) atoms. The molecule has 1 unspecified atom stereocenters. The zero-order valence-corrected chi connectivity index (χ0v) is 9.76. The Morgan fingerprint density at radius 2 is 2.00 bits per heavy atom. The standard InChI is InChI=1S/C13H20FN/c1-10(2)7-8-15-11(3)12-5-4-6-13(14)9-12/h4-6,9-11,15H,7-8H2,1-3H3. The number of rotatable bonds is 5. The number of benzene rings is 1. The predicted molar refractivity (Wildman–Crippen MR) is 62.3 cm³/mol. The zero-order chi connectivity index (χ0) is 11.3. The third kappa shape index (κ3) is 4.43. The van der Waals surface area contributed by atoms with Crippen LogP contribution in [-0.2, 0) is 0 Å². The molecule has 0 radical (unpaired) electrons. The Labute approximate surface area is 91.7 Å². The Bertz CT molecular complexity index is 296. The van der Waals surface area contributed by atoms with Crippen molar-refractivity contribution in [2.24, 2.45) is 5.92 Å². The fourth-order valence-electron chi connectivity index (χ4n) is 1.48. The molecule has 0 amide bonds. The highest BCUT2D eigenvalue weighted by Gasteiger charge is 2.05. The maximum atomic E-state index is 13.0. The summed E-state index contributed by atoms with van der Waals surface area (Å²) in [5.41, 5.74) is 1.01. The predicted octanol–water partition coefficient (Wildman–Crippen LogP) is 3.52. The molecule has 1 aromatic carbocycles. The summed E-state index contributed by atoms with van der Waals surface area (Å²) < 4.78 is 13.0. The molecule has 0 saturated heterocycles. The second-order valence-corrected chi connectivity index (χ2v) is 4.41. The van der Waals surface area contributed by atoms with E-state index >= 15 is 0 Å². The van der Waals surface area contributed by atoms with Crippen LogP contribution in [0.2, 0.25) is 0 Å². The summed E-state index contributed by atoms with van der Waals surface area (Å²) in [5.74, 6) is 0.544. The van der Waals surface area contributed by atoms with Gasteiger partial charge in [0.1, 0.15) is 5.82 Å². The minimum absolute atomic E-state index is 0.162. The first-order valence-electron chi connectivity index (χ1n) is 5.58. The van der Waals surface area contributed by atoms with Gasteiger partial charge in [0.15, 0.2) is 0 Å². The third-order valence-electron chi connectivity index (χ3n) is 2.52. The van der Waals surface area contributed by atoms with Crippen LogP contribution in [0, 0.1) is 11.7 Å². The summed E-state index contributed by atoms with van der Waals surface area (Å²) in [4.78, 5) is 0. The minimum Gasteiger partial charge on any atom is -0.310 e. The molecule has 1 atom stereocenters. The largest absolute Gasteiger partial charge is 0.310 e. The van der Waals surface area contributed by atoms with E-state index in [0.717, 1.165) is 18.5 Å². The number of hydrogen-bond donors (Lipinski definition) is 1. The summed E-state index contributed by atoms with van der Waals surface area (Å²) in [6.45, 7) is 7.45. The molecule has 0 aromatic heterocycles. The smallest absolute Gasteiger partial charge is 0.123 e. The molecule has 0 bridgehead atoms. The van der Waals surface area contributed by atoms with E-state index in [1.807, 2.05) is 6.07 Å². The van der Waals surface area contributed by atoms with Crippen LogP contribution in [0.5, 0.6) is 0 Å². The lowest BCUT2D eigenvalue weighted by Crippen LogP contribution is -2.21. The van der Waals surface area contributed by atoms with E-state index in [0.29, 0.717) is 5.92 Å². The fourth-order valence-corrected chi connectivity index (χ4v) is 1.48. The van der Waals surface area contributed by atoms with Gasteiger partial charge in [0.2, 0.25) is 0 Å². The first-order chi connectivity index (χ1) is 7.09. The third-order valence-corrected chi connectivity index (χ3v) is 2.52. The minimum atomic E-state index is -0.162. The molecule has 0 aliphatic heterocycles. The van der Waals surface area contributed by atoms with E-state index in [-0.39, 0.29) is 11.9 Å². The van der Waals surface area contributed by atoms with Gasteiger partial charge in [-0.3, -0.25) is 0 Å². The number of hydrogen-bond acceptors (Lipinski definition) is 1. The first-order valence-corrected chi connectivity index (χ1v) is 5.58. The Hall–Kier alpha value is -0.890. The van der Waals surface area contributed by atoms with E-state index in [1.54, 1.807) is 12.1 Å². The van der Waals surface area contributed by atoms with Crippen molar-refractivity contribution in [3.63, 3.8) is 0 Å². The van der Waals surface area contributed by atoms with Gasteiger partial charge in [-0.25, -0.2) is 4.39 Å². The van der Waals surface area contributed by atoms with Crippen molar-refractivity contribution < 1.29 is 4.39 Å². The van der Waals surface area contributed by atoms with Crippen LogP contribution in [0.4, 0.5) is 4.39 Å². The average molecular weight is 209 g/mol. The fraction of sp³-hybridized carbons (Fsp3) is 0.538. The molecular formula is C13H20FN. The monoisotopic (exact) mass is 209 g/mol. The highest BCUT2D eigenvalue weighted by Crippen LogP contribution is 2.13. The van der Waals surface area contributed by atoms with Gasteiger partial charge < -0.3 is 5.32 Å². The highest BCUT2D eigenvalue weighted by molar-refractivity contribution is 5.19. The van der Waals surface area contributed by atoms with Crippen LogP contribution in [-0.4, -0.2) is 6.54 Å². The van der Waals surface area contributed by atoms with Gasteiger partial charge in [0.25, 0.3) is 0 Å². The van der Waals surface area contributed by atoms with Crippen molar-refractivity contribution >= 4 is 0 Å². The molecule has 0 aliphatic carbocycles. The van der Waals surface area contributed by atoms with Crippen LogP contribution >= 0.6 is 0 Å². The van der Waals surface area contributed by atoms with Crippen molar-refractivity contribution in [3.05, 3.63) is 35.6 Å². The molecule has 0 heterocycles. The Balaban J connectivity index is 2.43. The maximum Gasteiger partial charge on any atom is 0.123 e. The van der Waals surface area contributed by atoms with Gasteiger partial charge in [-0.15, -0.1) is 0 Å². The second-order valence-electron chi connectivity index (χ2n) is 4.41. The first kappa shape index (κ1) is 12.2. The lowest BCUT2D eigenvalue weighted by Gasteiger charge is -2.15. The van der Waals surface area contributed by atoms with Crippen LogP contribution < -0.4 is 5.32 Å². The second kappa shape index (κ2) is 5.86. The average Bonchev–Trinajstić information content (AvgIpc) is 2.17. The van der Waals surface area contributed by atoms with Gasteiger partial charge in [-0.05, 0) is 43.5 Å². The Morgan fingerprint density at radius 3 is 2.60 bits per heavy atom. The molecule has 1 rings (SSSR count). The van der Waals surface area contributed by atoms with Gasteiger partial charge in [-0.2, -0.15) is 0 Å². The van der Waals surface area contributed by atoms with Crippen LogP contribution in [0.15, 0.2) is 24.3 Å². The molecule has 84 valence electrons. The van der Waals surface area contributed by atoms with E-state index < -0.39 is 0 Å². The van der Waals surface area contributed by atoms with Crippen LogP contribution in [0.1, 0.15) is 38.8 Å². The zero-order valence-electron chi connectivity index (χ0n) is 9.76. The summed E-state index contributed by atoms with van der Waals surface area (Å²) in [7, 11) is 0. The van der Waals surface area contributed by atoms with Gasteiger partial charge in [0, 0.05) is 6.04 Å². The van der Waals surface area contributed by atoms with E-state index in [9.17, 15) is 4.39 Å². The number of halogens is 1. The molecule has 0 fully saturated rings. The van der Waals surface area contributed by atoms with E-state index in [4.69, 9.17) is 0 Å². The van der Waals surface area contributed by atoms with Crippen LogP contribution in [0.3, 0.4) is 0 Å². The SMILES string of the molecule is CC(C)CCNC(C)c1cccc(F)c1. The quantitative estimate of drug-likeness (QED) is 0.782. The lowest BCUT2D eigenvalue weighted by atomic mass is 10.1.